The number of hydrogen-bond donors (Lipinski definition) is 0. The third kappa shape index (κ3) is 2.05. The van der Waals surface area contributed by atoms with Gasteiger partial charge in [0.25, 0.3) is 0 Å². The van der Waals surface area contributed by atoms with Crippen molar-refractivity contribution >= 4 is 11.2 Å². The Bertz CT molecular complexity index is 368. The van der Waals surface area contributed by atoms with Crippen LogP contribution in [0.1, 0.15) is 26.3 Å². The second-order valence-corrected chi connectivity index (χ2v) is 2.37. The first-order valence-electron chi connectivity index (χ1n) is 4.58. The Morgan fingerprint density at radius 1 is 1.31 bits per heavy atom. The molecular formula is C10H14N2O. The highest BCUT2D eigenvalue weighted by molar-refractivity contribution is 5.67. The molecule has 0 aliphatic carbocycles. The predicted molar refractivity (Wildman–Crippen MR) is 52.5 cm³/mol. The summed E-state index contributed by atoms with van der Waals surface area (Å²) < 4.78 is 5.00. The maximum Gasteiger partial charge on any atom is 0.246 e. The summed E-state index contributed by atoms with van der Waals surface area (Å²) in [5, 5.41) is 0. The molecule has 0 bridgehead atoms. The average molecular weight is 178 g/mol. The summed E-state index contributed by atoms with van der Waals surface area (Å²) >= 11 is 0. The van der Waals surface area contributed by atoms with Crippen LogP contribution in [0.2, 0.25) is 0 Å². The second kappa shape index (κ2) is 4.60. The van der Waals surface area contributed by atoms with Crippen LogP contribution in [0.15, 0.2) is 23.1 Å². The molecular weight excluding hydrogens is 164 g/mol. The molecule has 0 spiro atoms. The quantitative estimate of drug-likeness (QED) is 0.674. The van der Waals surface area contributed by atoms with Crippen LogP contribution >= 0.6 is 0 Å². The van der Waals surface area contributed by atoms with E-state index in [9.17, 15) is 0 Å². The molecule has 0 aliphatic heterocycles. The van der Waals surface area contributed by atoms with Crippen molar-refractivity contribution in [2.24, 2.45) is 0 Å². The monoisotopic (exact) mass is 178 g/mol. The van der Waals surface area contributed by atoms with Crippen molar-refractivity contribution < 1.29 is 4.42 Å². The minimum atomic E-state index is 0.613. The van der Waals surface area contributed by atoms with Gasteiger partial charge in [-0.3, -0.25) is 0 Å². The zero-order valence-corrected chi connectivity index (χ0v) is 8.24. The highest BCUT2D eigenvalue weighted by Crippen LogP contribution is 2.10. The molecule has 2 aromatic heterocycles. The number of nitrogens with zero attached hydrogens (tertiary/aromatic N) is 2. The minimum Gasteiger partial charge on any atom is -0.425 e. The molecule has 2 aromatic rings. The molecule has 0 saturated carbocycles. The zero-order chi connectivity index (χ0) is 9.68. The van der Waals surface area contributed by atoms with Gasteiger partial charge in [0.2, 0.25) is 5.71 Å². The summed E-state index contributed by atoms with van der Waals surface area (Å²) in [5.74, 6) is 0. The smallest absolute Gasteiger partial charge is 0.246 e. The van der Waals surface area contributed by atoms with Gasteiger partial charge in [-0.2, -0.15) is 0 Å². The van der Waals surface area contributed by atoms with Crippen LogP contribution in [0.25, 0.3) is 11.2 Å². The molecule has 70 valence electrons. The number of aromatic nitrogens is 2. The van der Waals surface area contributed by atoms with Crippen LogP contribution in [0.4, 0.5) is 0 Å². The van der Waals surface area contributed by atoms with Crippen LogP contribution in [0, 0.1) is 0 Å². The van der Waals surface area contributed by atoms with Crippen molar-refractivity contribution in [3.05, 3.63) is 24.2 Å². The van der Waals surface area contributed by atoms with Crippen molar-refractivity contribution in [2.75, 3.05) is 0 Å². The lowest BCUT2D eigenvalue weighted by Gasteiger charge is -1.91. The molecule has 0 saturated heterocycles. The molecule has 0 atom stereocenters. The van der Waals surface area contributed by atoms with Gasteiger partial charge in [0, 0.05) is 6.20 Å². The molecule has 3 heteroatoms. The number of oxazole rings is 1. The molecule has 2 heterocycles. The van der Waals surface area contributed by atoms with Crippen LogP contribution < -0.4 is 0 Å². The first kappa shape index (κ1) is 9.71. The van der Waals surface area contributed by atoms with Gasteiger partial charge >= 0.3 is 0 Å². The number of rotatable bonds is 1. The second-order valence-electron chi connectivity index (χ2n) is 2.37. The molecule has 3 nitrogen and oxygen atoms in total. The number of aryl methyl sites for hydroxylation is 1. The van der Waals surface area contributed by atoms with E-state index in [2.05, 4.69) is 16.9 Å². The van der Waals surface area contributed by atoms with E-state index in [1.807, 2.05) is 26.1 Å². The van der Waals surface area contributed by atoms with E-state index in [1.165, 1.54) is 12.0 Å². The van der Waals surface area contributed by atoms with Crippen LogP contribution in [-0.2, 0) is 6.42 Å². The topological polar surface area (TPSA) is 38.9 Å². The molecule has 0 unspecified atom stereocenters. The van der Waals surface area contributed by atoms with Crippen molar-refractivity contribution in [3.8, 4) is 0 Å². The highest BCUT2D eigenvalue weighted by Gasteiger charge is 1.98. The molecule has 0 aromatic carbocycles. The van der Waals surface area contributed by atoms with Crippen molar-refractivity contribution in [3.63, 3.8) is 0 Å². The minimum absolute atomic E-state index is 0.613. The Kier molecular flexibility index (Phi) is 3.43. The summed E-state index contributed by atoms with van der Waals surface area (Å²) in [7, 11) is 0. The lowest BCUT2D eigenvalue weighted by molar-refractivity contribution is 0.590. The summed E-state index contributed by atoms with van der Waals surface area (Å²) in [6.07, 6.45) is 4.21. The van der Waals surface area contributed by atoms with E-state index in [0.717, 1.165) is 11.9 Å². The Labute approximate surface area is 77.8 Å². The molecule has 0 amide bonds. The van der Waals surface area contributed by atoms with Gasteiger partial charge in [-0.15, -0.1) is 0 Å². The van der Waals surface area contributed by atoms with Crippen molar-refractivity contribution in [1.82, 2.24) is 9.97 Å². The Morgan fingerprint density at radius 3 is 2.77 bits per heavy atom. The third-order valence-electron chi connectivity index (χ3n) is 1.65. The average Bonchev–Trinajstić information content (AvgIpc) is 2.67. The Morgan fingerprint density at radius 2 is 2.08 bits per heavy atom. The molecule has 0 fully saturated rings. The van der Waals surface area contributed by atoms with E-state index in [0.29, 0.717) is 5.71 Å². The Balaban J connectivity index is 0.000000396. The molecule has 0 aliphatic rings. The van der Waals surface area contributed by atoms with Crippen LogP contribution in [-0.4, -0.2) is 9.97 Å². The largest absolute Gasteiger partial charge is 0.425 e. The lowest BCUT2D eigenvalue weighted by atomic mass is 10.2. The van der Waals surface area contributed by atoms with Gasteiger partial charge in [-0.25, -0.2) is 9.97 Å². The molecule has 0 radical (unpaired) electrons. The van der Waals surface area contributed by atoms with Gasteiger partial charge < -0.3 is 4.42 Å². The standard InChI is InChI=1S/C8H8N2O.C2H6/c1-2-6-3-7-8(9-4-6)11-5-10-7;1-2/h3-5H,2H2,1H3;1-2H3. The fraction of sp³-hybridized carbons (Fsp3) is 0.400. The summed E-state index contributed by atoms with van der Waals surface area (Å²) in [4.78, 5) is 8.08. The fourth-order valence-corrected chi connectivity index (χ4v) is 0.992. The Hall–Kier alpha value is -1.38. The number of fused-ring (bicyclic) bond motifs is 1. The lowest BCUT2D eigenvalue weighted by Crippen LogP contribution is -1.81. The molecule has 2 rings (SSSR count). The van der Waals surface area contributed by atoms with E-state index in [1.54, 1.807) is 0 Å². The fourth-order valence-electron chi connectivity index (χ4n) is 0.992. The van der Waals surface area contributed by atoms with E-state index in [-0.39, 0.29) is 0 Å². The van der Waals surface area contributed by atoms with Crippen LogP contribution in [0.3, 0.4) is 0 Å². The van der Waals surface area contributed by atoms with E-state index < -0.39 is 0 Å². The van der Waals surface area contributed by atoms with Gasteiger partial charge in [0.15, 0.2) is 6.39 Å². The summed E-state index contributed by atoms with van der Waals surface area (Å²) in [6.45, 7) is 6.09. The van der Waals surface area contributed by atoms with Gasteiger partial charge in [-0.05, 0) is 18.1 Å². The zero-order valence-electron chi connectivity index (χ0n) is 8.24. The van der Waals surface area contributed by atoms with Gasteiger partial charge in [-0.1, -0.05) is 20.8 Å². The number of pyridine rings is 1. The van der Waals surface area contributed by atoms with Crippen molar-refractivity contribution in [1.29, 1.82) is 0 Å². The molecule has 0 N–H and O–H groups in total. The van der Waals surface area contributed by atoms with E-state index >= 15 is 0 Å². The first-order valence-corrected chi connectivity index (χ1v) is 4.58. The number of hydrogen-bond acceptors (Lipinski definition) is 3. The van der Waals surface area contributed by atoms with E-state index in [4.69, 9.17) is 4.42 Å². The first-order chi connectivity index (χ1) is 6.40. The maximum atomic E-state index is 5.00. The molecule has 13 heavy (non-hydrogen) atoms. The van der Waals surface area contributed by atoms with Gasteiger partial charge in [0.1, 0.15) is 5.52 Å². The maximum absolute atomic E-state index is 5.00. The van der Waals surface area contributed by atoms with Crippen LogP contribution in [0.5, 0.6) is 0 Å². The van der Waals surface area contributed by atoms with Gasteiger partial charge in [0.05, 0.1) is 0 Å². The SMILES string of the molecule is CC.CCc1cnc2ocnc2c1. The third-order valence-corrected chi connectivity index (χ3v) is 1.65. The predicted octanol–water partition coefficient (Wildman–Crippen LogP) is 2.81. The summed E-state index contributed by atoms with van der Waals surface area (Å²) in [5.41, 5.74) is 2.64. The summed E-state index contributed by atoms with van der Waals surface area (Å²) in [6, 6.07) is 1.99. The normalized spacial score (nSPS) is 9.46. The highest BCUT2D eigenvalue weighted by atomic mass is 16.3. The van der Waals surface area contributed by atoms with Crippen molar-refractivity contribution in [2.45, 2.75) is 27.2 Å².